The molecule has 3 aromatic rings. The first-order valence-electron chi connectivity index (χ1n) is 8.12. The lowest BCUT2D eigenvalue weighted by Crippen LogP contribution is -2.21. The molecule has 0 spiro atoms. The van der Waals surface area contributed by atoms with Gasteiger partial charge in [-0.1, -0.05) is 12.1 Å². The summed E-state index contributed by atoms with van der Waals surface area (Å²) in [6.07, 6.45) is 3.39. The Labute approximate surface area is 151 Å². The van der Waals surface area contributed by atoms with E-state index in [4.69, 9.17) is 0 Å². The Kier molecular flexibility index (Phi) is 5.37. The molecule has 0 saturated carbocycles. The largest absolute Gasteiger partial charge is 0.394 e. The Hall–Kier alpha value is -3.50. The molecule has 1 aromatic carbocycles. The fourth-order valence-corrected chi connectivity index (χ4v) is 2.34. The fourth-order valence-electron chi connectivity index (χ4n) is 2.34. The molecule has 0 unspecified atom stereocenters. The summed E-state index contributed by atoms with van der Waals surface area (Å²) >= 11 is 0. The normalized spacial score (nSPS) is 11.4. The highest BCUT2D eigenvalue weighted by Gasteiger charge is 2.10. The topological polar surface area (TPSA) is 107 Å². The molecule has 1 atom stereocenters. The number of nitrogens with one attached hydrogen (secondary N) is 2. The van der Waals surface area contributed by atoms with E-state index >= 15 is 0 Å². The third kappa shape index (κ3) is 4.12. The van der Waals surface area contributed by atoms with Gasteiger partial charge in [0.05, 0.1) is 23.6 Å². The SMILES string of the molecule is C[C@@H](CO)Nc1nc(Nc2ccccc2C#N)cc(-c2ccncc2)n1. The lowest BCUT2D eigenvalue weighted by atomic mass is 10.2. The van der Waals surface area contributed by atoms with Crippen LogP contribution in [0.3, 0.4) is 0 Å². The van der Waals surface area contributed by atoms with E-state index in [0.29, 0.717) is 28.7 Å². The van der Waals surface area contributed by atoms with E-state index in [9.17, 15) is 10.4 Å². The summed E-state index contributed by atoms with van der Waals surface area (Å²) in [5.41, 5.74) is 2.77. The first-order valence-corrected chi connectivity index (χ1v) is 8.12. The fraction of sp³-hybridized carbons (Fsp3) is 0.158. The van der Waals surface area contributed by atoms with Gasteiger partial charge < -0.3 is 15.7 Å². The zero-order valence-corrected chi connectivity index (χ0v) is 14.2. The molecule has 3 N–H and O–H groups in total. The Bertz CT molecular complexity index is 923. The van der Waals surface area contributed by atoms with E-state index in [1.54, 1.807) is 24.5 Å². The van der Waals surface area contributed by atoms with Crippen molar-refractivity contribution in [1.82, 2.24) is 15.0 Å². The van der Waals surface area contributed by atoms with Crippen LogP contribution in [0.1, 0.15) is 12.5 Å². The van der Waals surface area contributed by atoms with Gasteiger partial charge in [0.15, 0.2) is 0 Å². The number of aliphatic hydroxyl groups is 1. The van der Waals surface area contributed by atoms with Crippen LogP contribution in [0.2, 0.25) is 0 Å². The molecule has 2 aromatic heterocycles. The van der Waals surface area contributed by atoms with E-state index in [1.165, 1.54) is 0 Å². The Morgan fingerprint density at radius 3 is 2.65 bits per heavy atom. The van der Waals surface area contributed by atoms with E-state index in [2.05, 4.69) is 31.7 Å². The minimum absolute atomic E-state index is 0.0388. The van der Waals surface area contributed by atoms with Gasteiger partial charge in [0, 0.05) is 30.1 Å². The number of aromatic nitrogens is 3. The highest BCUT2D eigenvalue weighted by atomic mass is 16.3. The summed E-state index contributed by atoms with van der Waals surface area (Å²) in [6, 6.07) is 14.7. The van der Waals surface area contributed by atoms with Crippen LogP contribution in [0.4, 0.5) is 17.5 Å². The predicted octanol–water partition coefficient (Wildman–Crippen LogP) is 2.95. The molecule has 130 valence electrons. The van der Waals surface area contributed by atoms with Crippen LogP contribution in [0.15, 0.2) is 54.9 Å². The van der Waals surface area contributed by atoms with Crippen molar-refractivity contribution in [3.63, 3.8) is 0 Å². The number of nitrogens with zero attached hydrogens (tertiary/aromatic N) is 4. The lowest BCUT2D eigenvalue weighted by Gasteiger charge is -2.14. The monoisotopic (exact) mass is 346 g/mol. The zero-order chi connectivity index (χ0) is 18.4. The van der Waals surface area contributed by atoms with Gasteiger partial charge in [-0.15, -0.1) is 0 Å². The molecule has 0 aliphatic heterocycles. The van der Waals surface area contributed by atoms with Crippen LogP contribution >= 0.6 is 0 Å². The molecular weight excluding hydrogens is 328 g/mol. The molecule has 0 amide bonds. The molecular formula is C19H18N6O. The molecule has 0 radical (unpaired) electrons. The highest BCUT2D eigenvalue weighted by Crippen LogP contribution is 2.25. The third-order valence-electron chi connectivity index (χ3n) is 3.66. The van der Waals surface area contributed by atoms with Crippen LogP contribution < -0.4 is 10.6 Å². The summed E-state index contributed by atoms with van der Waals surface area (Å²) < 4.78 is 0. The molecule has 2 heterocycles. The molecule has 0 fully saturated rings. The molecule has 0 aliphatic rings. The van der Waals surface area contributed by atoms with Gasteiger partial charge in [-0.3, -0.25) is 4.98 Å². The van der Waals surface area contributed by atoms with Crippen molar-refractivity contribution < 1.29 is 5.11 Å². The number of nitriles is 1. The van der Waals surface area contributed by atoms with Gasteiger partial charge in [-0.25, -0.2) is 4.98 Å². The van der Waals surface area contributed by atoms with Crippen molar-refractivity contribution in [2.75, 3.05) is 17.2 Å². The summed E-state index contributed by atoms with van der Waals surface area (Å²) in [7, 11) is 0. The number of anilines is 3. The second-order valence-electron chi connectivity index (χ2n) is 5.71. The van der Waals surface area contributed by atoms with Gasteiger partial charge in [-0.2, -0.15) is 10.2 Å². The van der Waals surface area contributed by atoms with E-state index < -0.39 is 0 Å². The number of pyridine rings is 1. The molecule has 7 heteroatoms. The molecule has 0 bridgehead atoms. The number of aliphatic hydroxyl groups excluding tert-OH is 1. The quantitative estimate of drug-likeness (QED) is 0.630. The first kappa shape index (κ1) is 17.3. The number of rotatable bonds is 6. The standard InChI is InChI=1S/C19H18N6O/c1-13(12-26)22-19-24-17(14-6-8-21-9-7-14)10-18(25-19)23-16-5-3-2-4-15(16)11-20/h2-10,13,26H,12H2,1H3,(H2,22,23,24,25)/t13-/m0/s1. The van der Waals surface area contributed by atoms with Gasteiger partial charge in [0.1, 0.15) is 11.9 Å². The Balaban J connectivity index is 2.01. The van der Waals surface area contributed by atoms with Crippen LogP contribution in [0, 0.1) is 11.3 Å². The molecule has 0 saturated heterocycles. The molecule has 3 rings (SSSR count). The number of para-hydroxylation sites is 1. The van der Waals surface area contributed by atoms with Gasteiger partial charge in [0.2, 0.25) is 5.95 Å². The van der Waals surface area contributed by atoms with Crippen molar-refractivity contribution in [2.45, 2.75) is 13.0 Å². The summed E-state index contributed by atoms with van der Waals surface area (Å²) in [5.74, 6) is 0.931. The van der Waals surface area contributed by atoms with Crippen LogP contribution in [0.25, 0.3) is 11.3 Å². The van der Waals surface area contributed by atoms with Gasteiger partial charge >= 0.3 is 0 Å². The van der Waals surface area contributed by atoms with Crippen LogP contribution in [-0.2, 0) is 0 Å². The van der Waals surface area contributed by atoms with Crippen LogP contribution in [-0.4, -0.2) is 32.7 Å². The predicted molar refractivity (Wildman–Crippen MR) is 99.9 cm³/mol. The Morgan fingerprint density at radius 1 is 1.15 bits per heavy atom. The van der Waals surface area contributed by atoms with Crippen molar-refractivity contribution in [2.24, 2.45) is 0 Å². The van der Waals surface area contributed by atoms with Crippen molar-refractivity contribution >= 4 is 17.5 Å². The molecule has 7 nitrogen and oxygen atoms in total. The van der Waals surface area contributed by atoms with Crippen molar-refractivity contribution in [1.29, 1.82) is 5.26 Å². The van der Waals surface area contributed by atoms with E-state index in [-0.39, 0.29) is 12.6 Å². The second kappa shape index (κ2) is 8.05. The lowest BCUT2D eigenvalue weighted by molar-refractivity contribution is 0.281. The average molecular weight is 346 g/mol. The Morgan fingerprint density at radius 2 is 1.92 bits per heavy atom. The second-order valence-corrected chi connectivity index (χ2v) is 5.71. The number of hydrogen-bond donors (Lipinski definition) is 3. The smallest absolute Gasteiger partial charge is 0.225 e. The minimum Gasteiger partial charge on any atom is -0.394 e. The maximum absolute atomic E-state index is 9.28. The van der Waals surface area contributed by atoms with Crippen molar-refractivity contribution in [3.05, 3.63) is 60.4 Å². The number of benzene rings is 1. The third-order valence-corrected chi connectivity index (χ3v) is 3.66. The van der Waals surface area contributed by atoms with Crippen molar-refractivity contribution in [3.8, 4) is 17.3 Å². The number of hydrogen-bond acceptors (Lipinski definition) is 7. The maximum atomic E-state index is 9.28. The highest BCUT2D eigenvalue weighted by molar-refractivity contribution is 5.69. The maximum Gasteiger partial charge on any atom is 0.225 e. The van der Waals surface area contributed by atoms with Crippen LogP contribution in [0.5, 0.6) is 0 Å². The summed E-state index contributed by atoms with van der Waals surface area (Å²) in [5, 5.41) is 24.8. The first-order chi connectivity index (χ1) is 12.7. The molecule has 0 aliphatic carbocycles. The molecule has 26 heavy (non-hydrogen) atoms. The van der Waals surface area contributed by atoms with Gasteiger partial charge in [0.25, 0.3) is 0 Å². The van der Waals surface area contributed by atoms with E-state index in [0.717, 1.165) is 5.56 Å². The van der Waals surface area contributed by atoms with E-state index in [1.807, 2.05) is 37.3 Å². The zero-order valence-electron chi connectivity index (χ0n) is 14.2. The average Bonchev–Trinajstić information content (AvgIpc) is 2.69. The summed E-state index contributed by atoms with van der Waals surface area (Å²) in [6.45, 7) is 1.80. The summed E-state index contributed by atoms with van der Waals surface area (Å²) in [4.78, 5) is 13.0. The van der Waals surface area contributed by atoms with Gasteiger partial charge in [-0.05, 0) is 31.2 Å². The minimum atomic E-state index is -0.193.